The van der Waals surface area contributed by atoms with Gasteiger partial charge in [0, 0.05) is 15.7 Å². The molecule has 0 atom stereocenters. The van der Waals surface area contributed by atoms with Crippen LogP contribution in [0.3, 0.4) is 0 Å². The molecular weight excluding hydrogens is 372 g/mol. The number of carbonyl (C=O) groups is 1. The molecule has 5 nitrogen and oxygen atoms in total. The lowest BCUT2D eigenvalue weighted by atomic mass is 10.1. The maximum absolute atomic E-state index is 12.3. The Morgan fingerprint density at radius 3 is 2.46 bits per heavy atom. The molecule has 0 aliphatic heterocycles. The van der Waals surface area contributed by atoms with E-state index >= 15 is 0 Å². The van der Waals surface area contributed by atoms with Gasteiger partial charge in [0.15, 0.2) is 0 Å². The zero-order valence-corrected chi connectivity index (χ0v) is 14.8. The Kier molecular flexibility index (Phi) is 5.99. The van der Waals surface area contributed by atoms with Crippen molar-refractivity contribution in [2.45, 2.75) is 0 Å². The van der Waals surface area contributed by atoms with Gasteiger partial charge < -0.3 is 14.8 Å². The van der Waals surface area contributed by atoms with E-state index in [1.807, 2.05) is 12.1 Å². The molecule has 2 aromatic rings. The number of nitrogens with zero attached hydrogens (tertiary/aromatic N) is 1. The number of methoxy groups -OCH3 is 2. The summed E-state index contributed by atoms with van der Waals surface area (Å²) in [5.41, 5.74) is 1.18. The number of ether oxygens (including phenoxy) is 2. The molecule has 1 amide bonds. The van der Waals surface area contributed by atoms with Crippen LogP contribution in [0.5, 0.6) is 11.5 Å². The summed E-state index contributed by atoms with van der Waals surface area (Å²) in [6, 6.07) is 14.1. The summed E-state index contributed by atoms with van der Waals surface area (Å²) in [7, 11) is 3.10. The highest BCUT2D eigenvalue weighted by molar-refractivity contribution is 9.10. The van der Waals surface area contributed by atoms with Gasteiger partial charge in [-0.25, -0.2) is 0 Å². The molecule has 0 heterocycles. The van der Waals surface area contributed by atoms with E-state index in [1.54, 1.807) is 43.5 Å². The molecule has 24 heavy (non-hydrogen) atoms. The van der Waals surface area contributed by atoms with Gasteiger partial charge in [0.25, 0.3) is 5.91 Å². The number of rotatable bonds is 5. The standard InChI is InChI=1S/C18H15BrN2O3/c1-23-16-6-4-15(5-7-16)21-18(22)13(11-20)9-12-10-14(19)3-8-17(12)24-2/h3-10H,1-2H3,(H,21,22)/b13-9+. The van der Waals surface area contributed by atoms with Crippen molar-refractivity contribution < 1.29 is 14.3 Å². The first-order valence-electron chi connectivity index (χ1n) is 6.98. The van der Waals surface area contributed by atoms with Crippen LogP contribution in [0.2, 0.25) is 0 Å². The second kappa shape index (κ2) is 8.18. The van der Waals surface area contributed by atoms with Gasteiger partial charge in [-0.2, -0.15) is 5.26 Å². The Morgan fingerprint density at radius 1 is 1.17 bits per heavy atom. The molecular formula is C18H15BrN2O3. The Morgan fingerprint density at radius 2 is 1.88 bits per heavy atom. The molecule has 0 saturated heterocycles. The van der Waals surface area contributed by atoms with Gasteiger partial charge in [-0.1, -0.05) is 15.9 Å². The fourth-order valence-corrected chi connectivity index (χ4v) is 2.37. The zero-order valence-electron chi connectivity index (χ0n) is 13.2. The molecule has 122 valence electrons. The number of nitriles is 1. The molecule has 0 radical (unpaired) electrons. The largest absolute Gasteiger partial charge is 0.497 e. The van der Waals surface area contributed by atoms with Crippen LogP contribution in [0.25, 0.3) is 6.08 Å². The minimum atomic E-state index is -0.496. The predicted molar refractivity (Wildman–Crippen MR) is 95.9 cm³/mol. The minimum Gasteiger partial charge on any atom is -0.497 e. The summed E-state index contributed by atoms with van der Waals surface area (Å²) in [4.78, 5) is 12.3. The Hall–Kier alpha value is -2.78. The molecule has 0 aliphatic carbocycles. The molecule has 0 bridgehead atoms. The van der Waals surface area contributed by atoms with Gasteiger partial charge in [0.05, 0.1) is 14.2 Å². The summed E-state index contributed by atoms with van der Waals surface area (Å²) in [5, 5.41) is 12.0. The lowest BCUT2D eigenvalue weighted by Crippen LogP contribution is -2.13. The first kappa shape index (κ1) is 17.6. The zero-order chi connectivity index (χ0) is 17.5. The summed E-state index contributed by atoms with van der Waals surface area (Å²) in [6.07, 6.45) is 1.49. The number of amides is 1. The lowest BCUT2D eigenvalue weighted by Gasteiger charge is -2.07. The van der Waals surface area contributed by atoms with Crippen LogP contribution in [-0.2, 0) is 4.79 Å². The third-order valence-electron chi connectivity index (χ3n) is 3.20. The van der Waals surface area contributed by atoms with Crippen LogP contribution in [0.15, 0.2) is 52.5 Å². The number of nitrogens with one attached hydrogen (secondary N) is 1. The van der Waals surface area contributed by atoms with E-state index in [0.717, 1.165) is 4.47 Å². The van der Waals surface area contributed by atoms with Gasteiger partial charge >= 0.3 is 0 Å². The highest BCUT2D eigenvalue weighted by atomic mass is 79.9. The van der Waals surface area contributed by atoms with E-state index in [0.29, 0.717) is 22.7 Å². The van der Waals surface area contributed by atoms with Gasteiger partial charge in [0.2, 0.25) is 0 Å². The average Bonchev–Trinajstić information content (AvgIpc) is 2.60. The maximum Gasteiger partial charge on any atom is 0.266 e. The number of hydrogen-bond donors (Lipinski definition) is 1. The van der Waals surface area contributed by atoms with Crippen molar-refractivity contribution in [2.24, 2.45) is 0 Å². The quantitative estimate of drug-likeness (QED) is 0.622. The van der Waals surface area contributed by atoms with Crippen LogP contribution in [-0.4, -0.2) is 20.1 Å². The Labute approximate surface area is 148 Å². The lowest BCUT2D eigenvalue weighted by molar-refractivity contribution is -0.112. The van der Waals surface area contributed by atoms with Crippen LogP contribution in [0, 0.1) is 11.3 Å². The Balaban J connectivity index is 2.25. The first-order chi connectivity index (χ1) is 11.6. The minimum absolute atomic E-state index is 0.0257. The molecule has 0 fully saturated rings. The summed E-state index contributed by atoms with van der Waals surface area (Å²) in [6.45, 7) is 0. The van der Waals surface area contributed by atoms with Crippen LogP contribution >= 0.6 is 15.9 Å². The number of hydrogen-bond acceptors (Lipinski definition) is 4. The third kappa shape index (κ3) is 4.37. The molecule has 0 unspecified atom stereocenters. The van der Waals surface area contributed by atoms with Crippen molar-refractivity contribution in [3.63, 3.8) is 0 Å². The molecule has 0 aromatic heterocycles. The molecule has 6 heteroatoms. The fourth-order valence-electron chi connectivity index (χ4n) is 1.99. The Bertz CT molecular complexity index is 808. The average molecular weight is 387 g/mol. The maximum atomic E-state index is 12.3. The number of anilines is 1. The monoisotopic (exact) mass is 386 g/mol. The van der Waals surface area contributed by atoms with E-state index in [-0.39, 0.29) is 5.57 Å². The van der Waals surface area contributed by atoms with Crippen molar-refractivity contribution in [3.8, 4) is 17.6 Å². The number of carbonyl (C=O) groups excluding carboxylic acids is 1. The predicted octanol–water partition coefficient (Wildman–Crippen LogP) is 4.01. The topological polar surface area (TPSA) is 71.3 Å². The van der Waals surface area contributed by atoms with Crippen molar-refractivity contribution in [1.29, 1.82) is 5.26 Å². The normalized spacial score (nSPS) is 10.7. The van der Waals surface area contributed by atoms with Gasteiger partial charge in [0.1, 0.15) is 23.1 Å². The molecule has 0 aliphatic rings. The molecule has 2 aromatic carbocycles. The van der Waals surface area contributed by atoms with Crippen molar-refractivity contribution in [1.82, 2.24) is 0 Å². The first-order valence-corrected chi connectivity index (χ1v) is 7.77. The number of benzene rings is 2. The van der Waals surface area contributed by atoms with E-state index < -0.39 is 5.91 Å². The van der Waals surface area contributed by atoms with E-state index in [1.165, 1.54) is 13.2 Å². The molecule has 2 rings (SSSR count). The SMILES string of the molecule is COc1ccc(NC(=O)/C(C#N)=C/c2cc(Br)ccc2OC)cc1. The summed E-state index contributed by atoms with van der Waals surface area (Å²) in [5.74, 6) is 0.760. The second-order valence-electron chi connectivity index (χ2n) is 4.74. The summed E-state index contributed by atoms with van der Waals surface area (Å²) >= 11 is 3.36. The van der Waals surface area contributed by atoms with E-state index in [4.69, 9.17) is 9.47 Å². The van der Waals surface area contributed by atoms with Crippen molar-refractivity contribution in [2.75, 3.05) is 19.5 Å². The highest BCUT2D eigenvalue weighted by Crippen LogP contribution is 2.25. The van der Waals surface area contributed by atoms with Crippen molar-refractivity contribution >= 4 is 33.6 Å². The second-order valence-corrected chi connectivity index (χ2v) is 5.65. The van der Waals surface area contributed by atoms with Gasteiger partial charge in [-0.3, -0.25) is 4.79 Å². The highest BCUT2D eigenvalue weighted by Gasteiger charge is 2.11. The van der Waals surface area contributed by atoms with Gasteiger partial charge in [-0.05, 0) is 48.5 Å². The smallest absolute Gasteiger partial charge is 0.266 e. The van der Waals surface area contributed by atoms with E-state index in [9.17, 15) is 10.1 Å². The van der Waals surface area contributed by atoms with E-state index in [2.05, 4.69) is 21.2 Å². The van der Waals surface area contributed by atoms with Crippen LogP contribution in [0.1, 0.15) is 5.56 Å². The third-order valence-corrected chi connectivity index (χ3v) is 3.70. The fraction of sp³-hybridized carbons (Fsp3) is 0.111. The molecule has 0 saturated carbocycles. The van der Waals surface area contributed by atoms with Crippen LogP contribution in [0.4, 0.5) is 5.69 Å². The van der Waals surface area contributed by atoms with Crippen molar-refractivity contribution in [3.05, 3.63) is 58.1 Å². The summed E-state index contributed by atoms with van der Waals surface area (Å²) < 4.78 is 11.1. The van der Waals surface area contributed by atoms with Gasteiger partial charge in [-0.15, -0.1) is 0 Å². The van der Waals surface area contributed by atoms with Crippen LogP contribution < -0.4 is 14.8 Å². The molecule has 0 spiro atoms. The molecule has 1 N–H and O–H groups in total. The number of halogens is 1.